The molecule has 0 radical (unpaired) electrons. The zero-order valence-corrected chi connectivity index (χ0v) is 61.9. The minimum Gasteiger partial charge on any atom is -0.383 e. The van der Waals surface area contributed by atoms with Crippen LogP contribution in [-0.4, -0.2) is 163 Å². The molecule has 9 N–H and O–H groups in total. The number of nitrogen functional groups attached to an aromatic ring is 3. The lowest BCUT2D eigenvalue weighted by molar-refractivity contribution is -0.126. The van der Waals surface area contributed by atoms with Crippen LogP contribution in [0.15, 0.2) is 165 Å². The lowest BCUT2D eigenvalue weighted by Crippen LogP contribution is -2.52. The van der Waals surface area contributed by atoms with Crippen molar-refractivity contribution in [2.45, 2.75) is 110 Å². The van der Waals surface area contributed by atoms with Gasteiger partial charge in [-0.05, 0) is 144 Å². The monoisotopic (exact) mass is 1460 g/mol. The van der Waals surface area contributed by atoms with E-state index in [1.807, 2.05) is 180 Å². The average Bonchev–Trinajstić information content (AvgIpc) is 1.63. The van der Waals surface area contributed by atoms with Gasteiger partial charge in [0.1, 0.15) is 53.5 Å². The molecule has 6 aromatic heterocycles. The number of ether oxygens (including phenoxy) is 1. The molecule has 0 bridgehead atoms. The van der Waals surface area contributed by atoms with E-state index in [2.05, 4.69) is 74.5 Å². The number of rotatable bonds is 16. The third kappa shape index (κ3) is 16.3. The Balaban J connectivity index is 0.000000137. The Morgan fingerprint density at radius 2 is 0.807 bits per heavy atom. The molecule has 556 valence electrons. The third-order valence-corrected chi connectivity index (χ3v) is 20.9. The lowest BCUT2D eigenvalue weighted by Gasteiger charge is -2.42. The SMILES string of the molecule is CC#CC(=O)N1CCCC(n2nc(-c3ccc(CNC(=O)c4ccccc4C)cc3)c3c(N)ncnc32)C1.Cc1ccccc1C(=O)NCc1ccc(-c2nn(C3CCCN(C)C3)c3ncnc(N)c23)cc1.Cc1ccccc1C(=O)NCc1ccc(-c2nn(C3CCCN(C4COC4)C3)c3ncnc(N)c23)cc1. The number of nitrogens with one attached hydrogen (secondary N) is 3. The van der Waals surface area contributed by atoms with Crippen LogP contribution in [-0.2, 0) is 29.2 Å². The van der Waals surface area contributed by atoms with Gasteiger partial charge in [0.05, 0.1) is 53.5 Å². The predicted molar refractivity (Wildman–Crippen MR) is 421 cm³/mol. The summed E-state index contributed by atoms with van der Waals surface area (Å²) in [6.45, 7) is 15.6. The maximum absolute atomic E-state index is 12.6. The largest absolute Gasteiger partial charge is 0.383 e. The van der Waals surface area contributed by atoms with Crippen molar-refractivity contribution in [2.24, 2.45) is 0 Å². The summed E-state index contributed by atoms with van der Waals surface area (Å²) >= 11 is 0. The van der Waals surface area contributed by atoms with Gasteiger partial charge in [-0.2, -0.15) is 15.3 Å². The van der Waals surface area contributed by atoms with Gasteiger partial charge in [0.25, 0.3) is 23.6 Å². The molecule has 10 heterocycles. The summed E-state index contributed by atoms with van der Waals surface area (Å²) < 4.78 is 11.4. The first kappa shape index (κ1) is 73.6. The van der Waals surface area contributed by atoms with Gasteiger partial charge in [0, 0.05) is 79.2 Å². The van der Waals surface area contributed by atoms with E-state index < -0.39 is 0 Å². The molecule has 4 aliphatic heterocycles. The molecule has 26 heteroatoms. The van der Waals surface area contributed by atoms with Crippen molar-refractivity contribution in [2.75, 3.05) is 76.7 Å². The molecule has 26 nitrogen and oxygen atoms in total. The van der Waals surface area contributed by atoms with Gasteiger partial charge < -0.3 is 47.7 Å². The predicted octanol–water partition coefficient (Wildman–Crippen LogP) is 10.4. The van der Waals surface area contributed by atoms with E-state index in [4.69, 9.17) is 37.2 Å². The van der Waals surface area contributed by atoms with Crippen molar-refractivity contribution >= 4 is 74.2 Å². The molecule has 12 aromatic rings. The van der Waals surface area contributed by atoms with E-state index in [0.717, 1.165) is 161 Å². The number of amides is 4. The molecule has 4 amide bonds. The second-order valence-corrected chi connectivity index (χ2v) is 28.3. The third-order valence-electron chi connectivity index (χ3n) is 20.9. The summed E-state index contributed by atoms with van der Waals surface area (Å²) in [4.78, 5) is 83.0. The number of fused-ring (bicyclic) bond motifs is 3. The summed E-state index contributed by atoms with van der Waals surface area (Å²) in [7, 11) is 2.14. The molecule has 0 aliphatic carbocycles. The smallest absolute Gasteiger partial charge is 0.298 e. The number of anilines is 3. The number of hydrogen-bond acceptors (Lipinski definition) is 19. The highest BCUT2D eigenvalue weighted by Crippen LogP contribution is 2.38. The van der Waals surface area contributed by atoms with E-state index in [1.54, 1.807) is 11.8 Å². The number of likely N-dealkylation sites (N-methyl/N-ethyl adjacent to an activating group) is 1. The van der Waals surface area contributed by atoms with E-state index in [0.29, 0.717) is 89.6 Å². The summed E-state index contributed by atoms with van der Waals surface area (Å²) in [5, 5.41) is 26.2. The Hall–Kier alpha value is -12.3. The second kappa shape index (κ2) is 33.2. The summed E-state index contributed by atoms with van der Waals surface area (Å²) in [5.74, 6) is 6.11. The van der Waals surface area contributed by atoms with Crippen molar-refractivity contribution in [1.29, 1.82) is 0 Å². The van der Waals surface area contributed by atoms with Gasteiger partial charge in [0.2, 0.25) is 0 Å². The zero-order valence-electron chi connectivity index (χ0n) is 61.9. The number of hydrogen-bond donors (Lipinski definition) is 6. The highest BCUT2D eigenvalue weighted by molar-refractivity contribution is 6.01. The normalized spacial score (nSPS) is 16.7. The van der Waals surface area contributed by atoms with Crippen LogP contribution in [0, 0.1) is 32.6 Å². The van der Waals surface area contributed by atoms with Crippen LogP contribution < -0.4 is 33.2 Å². The van der Waals surface area contributed by atoms with Crippen LogP contribution in [0.4, 0.5) is 17.5 Å². The first-order chi connectivity index (χ1) is 53.0. The fourth-order valence-corrected chi connectivity index (χ4v) is 14.8. The van der Waals surface area contributed by atoms with E-state index in [9.17, 15) is 19.2 Å². The average molecular weight is 1460 g/mol. The van der Waals surface area contributed by atoms with E-state index in [-0.39, 0.29) is 41.8 Å². The van der Waals surface area contributed by atoms with E-state index >= 15 is 0 Å². The van der Waals surface area contributed by atoms with Crippen molar-refractivity contribution in [3.8, 4) is 45.6 Å². The number of likely N-dealkylation sites (tertiary alicyclic amines) is 3. The number of aromatic nitrogens is 12. The first-order valence-electron chi connectivity index (χ1n) is 37.0. The standard InChI is InChI=1S/C29H29N7O2.C28H31N7O2.C26H29N7O/c1-3-7-24(37)35-15-6-9-22(17-35)36-28-25(27(30)32-18-33-28)26(34-36)21-13-11-20(12-14-21)16-31-29(38)23-10-5-4-8-19(23)2;1-18-5-2-3-7-23(18)28(36)30-13-19-8-10-20(11-9-19)25-24-26(29)31-17-32-27(24)35(33-25)21-6-4-12-34(14-21)22-15-37-16-22;1-17-6-3-4-8-21(17)26(34)28-14-18-9-11-19(12-10-18)23-22-24(27)29-16-30-25(22)33(31-23)20-7-5-13-32(2)15-20/h4-5,8,10-14,18,22H,6,9,15-17H2,1-2H3,(H,31,38)(H2,30,32,33);2-3,5,7-11,17,21-22H,4,6,12-16H2,1H3,(H,30,36)(H2,29,31,32);3-4,6,8-12,16,20H,5,7,13-15H2,1-2H3,(H,28,34)(H2,27,29,30). The number of nitrogens with zero attached hydrogens (tertiary/aromatic N) is 15. The Labute approximate surface area is 631 Å². The van der Waals surface area contributed by atoms with Crippen LogP contribution in [0.2, 0.25) is 0 Å². The number of piperidine rings is 3. The molecule has 3 atom stereocenters. The summed E-state index contributed by atoms with van der Waals surface area (Å²) in [6, 6.07) is 47.6. The molecule has 3 unspecified atom stereocenters. The van der Waals surface area contributed by atoms with Crippen LogP contribution in [0.25, 0.3) is 66.9 Å². The fraction of sp³-hybridized carbons (Fsp3) is 0.313. The Morgan fingerprint density at radius 3 is 1.17 bits per heavy atom. The van der Waals surface area contributed by atoms with Gasteiger partial charge >= 0.3 is 0 Å². The molecular weight excluding hydrogens is 1370 g/mol. The molecule has 6 aromatic carbocycles. The van der Waals surface area contributed by atoms with Crippen LogP contribution in [0.1, 0.15) is 128 Å². The number of carbonyl (C=O) groups is 4. The minimum absolute atomic E-state index is 0.0483. The van der Waals surface area contributed by atoms with Crippen molar-refractivity contribution < 1.29 is 23.9 Å². The van der Waals surface area contributed by atoms with Crippen LogP contribution >= 0.6 is 0 Å². The topological polar surface area (TPSA) is 332 Å². The summed E-state index contributed by atoms with van der Waals surface area (Å²) in [5.41, 5.74) is 34.0. The lowest BCUT2D eigenvalue weighted by atomic mass is 10.0. The highest BCUT2D eigenvalue weighted by atomic mass is 16.5. The molecule has 0 spiro atoms. The number of aryl methyl sites for hydroxylation is 3. The molecule has 0 saturated carbocycles. The maximum atomic E-state index is 12.6. The Morgan fingerprint density at radius 1 is 0.450 bits per heavy atom. The van der Waals surface area contributed by atoms with Gasteiger partial charge in [-0.3, -0.25) is 24.1 Å². The fourth-order valence-electron chi connectivity index (χ4n) is 14.8. The first-order valence-corrected chi connectivity index (χ1v) is 37.0. The summed E-state index contributed by atoms with van der Waals surface area (Å²) in [6.07, 6.45) is 10.5. The minimum atomic E-state index is -0.173. The van der Waals surface area contributed by atoms with Crippen LogP contribution in [0.3, 0.4) is 0 Å². The molecule has 4 aliphatic rings. The van der Waals surface area contributed by atoms with Crippen molar-refractivity contribution in [3.63, 3.8) is 0 Å². The Bertz CT molecular complexity index is 5370. The molecule has 109 heavy (non-hydrogen) atoms. The van der Waals surface area contributed by atoms with E-state index in [1.165, 1.54) is 19.0 Å². The highest BCUT2D eigenvalue weighted by Gasteiger charge is 2.34. The molecular formula is C83H89N21O5. The number of carbonyl (C=O) groups excluding carboxylic acids is 4. The second-order valence-electron chi connectivity index (χ2n) is 28.3. The molecule has 16 rings (SSSR count). The van der Waals surface area contributed by atoms with Crippen LogP contribution in [0.5, 0.6) is 0 Å². The maximum Gasteiger partial charge on any atom is 0.298 e. The van der Waals surface area contributed by atoms with Gasteiger partial charge in [0.15, 0.2) is 16.9 Å². The van der Waals surface area contributed by atoms with Crippen molar-refractivity contribution in [3.05, 3.63) is 215 Å². The van der Waals surface area contributed by atoms with Gasteiger partial charge in [-0.15, -0.1) is 0 Å². The van der Waals surface area contributed by atoms with Gasteiger partial charge in [-0.1, -0.05) is 133 Å². The van der Waals surface area contributed by atoms with Gasteiger partial charge in [-0.25, -0.2) is 43.9 Å². The zero-order chi connectivity index (χ0) is 75.7. The number of nitrogens with two attached hydrogens (primary N) is 3. The number of benzene rings is 6. The Kier molecular flexibility index (Phi) is 22.4. The van der Waals surface area contributed by atoms with Crippen molar-refractivity contribution in [1.82, 2.24) is 89.9 Å². The quantitative estimate of drug-likeness (QED) is 0.0490. The molecule has 4 fully saturated rings. The molecule has 4 saturated heterocycles.